The fraction of sp³-hybridized carbons (Fsp3) is 0.552. The molecular formula is C29H36ClN5O2S. The molecule has 0 radical (unpaired) electrons. The van der Waals surface area contributed by atoms with Gasteiger partial charge in [0.1, 0.15) is 4.70 Å². The van der Waals surface area contributed by atoms with E-state index in [-0.39, 0.29) is 23.7 Å². The molecule has 3 aromatic rings. The molecule has 3 fully saturated rings. The molecule has 1 saturated carbocycles. The number of hydrogen-bond donors (Lipinski definition) is 0. The first-order chi connectivity index (χ1) is 18.5. The lowest BCUT2D eigenvalue weighted by molar-refractivity contribution is 0.151. The second-order valence-electron chi connectivity index (χ2n) is 11.3. The fourth-order valence-corrected chi connectivity index (χ4v) is 7.67. The Bertz CT molecular complexity index is 1350. The Morgan fingerprint density at radius 3 is 2.66 bits per heavy atom. The van der Waals surface area contributed by atoms with Crippen LogP contribution in [0.3, 0.4) is 0 Å². The molecule has 2 saturated heterocycles. The summed E-state index contributed by atoms with van der Waals surface area (Å²) in [5, 5.41) is 0.686. The number of likely N-dealkylation sites (tertiary alicyclic amines) is 2. The number of benzene rings is 1. The highest BCUT2D eigenvalue weighted by atomic mass is 35.5. The van der Waals surface area contributed by atoms with E-state index < -0.39 is 0 Å². The number of nitrogens with zero attached hydrogens (tertiary/aromatic N) is 5. The zero-order valence-corrected chi connectivity index (χ0v) is 23.6. The van der Waals surface area contributed by atoms with Crippen LogP contribution in [0, 0.1) is 5.92 Å². The van der Waals surface area contributed by atoms with Crippen LogP contribution in [0.25, 0.3) is 20.7 Å². The zero-order chi connectivity index (χ0) is 26.2. The van der Waals surface area contributed by atoms with E-state index in [0.717, 1.165) is 42.3 Å². The maximum atomic E-state index is 13.4. The number of hydrogen-bond acceptors (Lipinski definition) is 5. The van der Waals surface area contributed by atoms with Crippen molar-refractivity contribution in [3.63, 3.8) is 0 Å². The van der Waals surface area contributed by atoms with Crippen LogP contribution >= 0.6 is 22.9 Å². The molecule has 2 atom stereocenters. The maximum absolute atomic E-state index is 13.4. The zero-order valence-electron chi connectivity index (χ0n) is 22.0. The number of fused-ring (bicyclic) bond motifs is 1. The summed E-state index contributed by atoms with van der Waals surface area (Å²) in [5.41, 5.74) is 1.71. The molecule has 0 bridgehead atoms. The minimum atomic E-state index is -0.0517. The van der Waals surface area contributed by atoms with E-state index in [9.17, 15) is 9.59 Å². The smallest absolute Gasteiger partial charge is 0.320 e. The van der Waals surface area contributed by atoms with Crippen molar-refractivity contribution in [2.24, 2.45) is 5.92 Å². The lowest BCUT2D eigenvalue weighted by Gasteiger charge is -2.30. The number of carbonyl (C=O) groups is 1. The largest absolute Gasteiger partial charge is 0.323 e. The first-order valence-electron chi connectivity index (χ1n) is 14.0. The first-order valence-corrected chi connectivity index (χ1v) is 15.2. The fourth-order valence-electron chi connectivity index (χ4n) is 6.49. The number of carbonyl (C=O) groups excluding carboxylic acids is 1. The summed E-state index contributed by atoms with van der Waals surface area (Å²) in [4.78, 5) is 38.9. The molecule has 3 aliphatic rings. The molecule has 38 heavy (non-hydrogen) atoms. The predicted octanol–water partition coefficient (Wildman–Crippen LogP) is 5.73. The van der Waals surface area contributed by atoms with Crippen molar-refractivity contribution in [2.45, 2.75) is 57.0 Å². The standard InChI is InChI=1S/C29H36ClN5O2S/c1-32(23-11-13-33(17-23)16-20-5-3-2-4-6-20)29(37)34-14-12-24(18-34)35-19-31-25-15-26(38-27(25)28(35)36)21-7-9-22(30)10-8-21/h7-10,15,19-20,23-24H,2-6,11-14,16-18H2,1H3/t23-,24-/m0/s1. The molecule has 0 spiro atoms. The van der Waals surface area contributed by atoms with Crippen molar-refractivity contribution < 1.29 is 4.79 Å². The Morgan fingerprint density at radius 1 is 1.08 bits per heavy atom. The Kier molecular flexibility index (Phi) is 7.47. The van der Waals surface area contributed by atoms with E-state index in [2.05, 4.69) is 9.88 Å². The Balaban J connectivity index is 1.10. The molecule has 0 unspecified atom stereocenters. The molecule has 202 valence electrons. The summed E-state index contributed by atoms with van der Waals surface area (Å²) < 4.78 is 2.39. The van der Waals surface area contributed by atoms with Crippen LogP contribution in [0.1, 0.15) is 51.0 Å². The molecule has 7 nitrogen and oxygen atoms in total. The predicted molar refractivity (Wildman–Crippen MR) is 154 cm³/mol. The molecular weight excluding hydrogens is 518 g/mol. The van der Waals surface area contributed by atoms with Crippen LogP contribution < -0.4 is 5.56 Å². The Labute approximate surface area is 233 Å². The van der Waals surface area contributed by atoms with Gasteiger partial charge < -0.3 is 14.7 Å². The van der Waals surface area contributed by atoms with Gasteiger partial charge >= 0.3 is 6.03 Å². The van der Waals surface area contributed by atoms with Crippen molar-refractivity contribution in [1.82, 2.24) is 24.3 Å². The number of aromatic nitrogens is 2. The maximum Gasteiger partial charge on any atom is 0.320 e. The molecule has 2 aromatic heterocycles. The summed E-state index contributed by atoms with van der Waals surface area (Å²) >= 11 is 7.50. The van der Waals surface area contributed by atoms with Crippen LogP contribution in [0.4, 0.5) is 4.79 Å². The highest BCUT2D eigenvalue weighted by Crippen LogP contribution is 2.32. The topological polar surface area (TPSA) is 61.7 Å². The highest BCUT2D eigenvalue weighted by molar-refractivity contribution is 7.22. The summed E-state index contributed by atoms with van der Waals surface area (Å²) in [6.07, 6.45) is 10.3. The molecule has 6 rings (SSSR count). The summed E-state index contributed by atoms with van der Waals surface area (Å²) in [7, 11) is 1.95. The van der Waals surface area contributed by atoms with Gasteiger partial charge in [0, 0.05) is 55.7 Å². The quantitative estimate of drug-likeness (QED) is 0.405. The van der Waals surface area contributed by atoms with Gasteiger partial charge in [-0.05, 0) is 55.4 Å². The van der Waals surface area contributed by atoms with E-state index in [0.29, 0.717) is 28.3 Å². The van der Waals surface area contributed by atoms with Crippen molar-refractivity contribution in [1.29, 1.82) is 0 Å². The molecule has 9 heteroatoms. The average Bonchev–Trinajstić information content (AvgIpc) is 3.69. The number of urea groups is 1. The van der Waals surface area contributed by atoms with Crippen molar-refractivity contribution in [3.05, 3.63) is 52.0 Å². The normalized spacial score (nSPS) is 22.9. The van der Waals surface area contributed by atoms with Gasteiger partial charge in [0.05, 0.1) is 17.9 Å². The molecule has 0 N–H and O–H groups in total. The lowest BCUT2D eigenvalue weighted by atomic mass is 9.89. The second kappa shape index (κ2) is 11.0. The third-order valence-electron chi connectivity index (χ3n) is 8.76. The minimum Gasteiger partial charge on any atom is -0.323 e. The average molecular weight is 554 g/mol. The molecule has 4 heterocycles. The number of halogens is 1. The third kappa shape index (κ3) is 5.23. The SMILES string of the molecule is CN(C(=O)N1CC[C@H](n2cnc3cc(-c4ccc(Cl)cc4)sc3c2=O)C1)[C@H]1CCN(CC2CCCCC2)C1. The van der Waals surface area contributed by atoms with E-state index in [4.69, 9.17) is 11.6 Å². The van der Waals surface area contributed by atoms with E-state index >= 15 is 0 Å². The van der Waals surface area contributed by atoms with Gasteiger partial charge in [-0.15, -0.1) is 11.3 Å². The van der Waals surface area contributed by atoms with Crippen LogP contribution in [0.15, 0.2) is 41.5 Å². The summed E-state index contributed by atoms with van der Waals surface area (Å²) in [6.45, 7) is 4.46. The van der Waals surface area contributed by atoms with Gasteiger partial charge in [-0.1, -0.05) is 43.0 Å². The Morgan fingerprint density at radius 2 is 1.87 bits per heavy atom. The van der Waals surface area contributed by atoms with Crippen molar-refractivity contribution in [3.8, 4) is 10.4 Å². The number of likely N-dealkylation sites (N-methyl/N-ethyl adjacent to an activating group) is 1. The highest BCUT2D eigenvalue weighted by Gasteiger charge is 2.35. The third-order valence-corrected chi connectivity index (χ3v) is 10.2. The second-order valence-corrected chi connectivity index (χ2v) is 12.8. The van der Waals surface area contributed by atoms with Gasteiger partial charge in [-0.25, -0.2) is 9.78 Å². The summed E-state index contributed by atoms with van der Waals surface area (Å²) in [6, 6.07) is 9.90. The van der Waals surface area contributed by atoms with E-state index in [1.807, 2.05) is 47.2 Å². The van der Waals surface area contributed by atoms with Crippen LogP contribution in [0.5, 0.6) is 0 Å². The van der Waals surface area contributed by atoms with Gasteiger partial charge in [-0.2, -0.15) is 0 Å². The van der Waals surface area contributed by atoms with Gasteiger partial charge in [0.15, 0.2) is 0 Å². The molecule has 1 aromatic carbocycles. The van der Waals surface area contributed by atoms with Crippen molar-refractivity contribution >= 4 is 39.2 Å². The lowest BCUT2D eigenvalue weighted by Crippen LogP contribution is -2.46. The van der Waals surface area contributed by atoms with E-state index in [1.54, 1.807) is 10.9 Å². The Hall–Kier alpha value is -2.42. The monoisotopic (exact) mass is 553 g/mol. The number of rotatable bonds is 5. The van der Waals surface area contributed by atoms with Crippen LogP contribution in [0.2, 0.25) is 5.02 Å². The number of amides is 2. The van der Waals surface area contributed by atoms with E-state index in [1.165, 1.54) is 50.0 Å². The van der Waals surface area contributed by atoms with Gasteiger partial charge in [0.2, 0.25) is 0 Å². The van der Waals surface area contributed by atoms with Crippen LogP contribution in [-0.2, 0) is 0 Å². The van der Waals surface area contributed by atoms with Crippen LogP contribution in [-0.4, -0.2) is 76.1 Å². The van der Waals surface area contributed by atoms with Gasteiger partial charge in [0.25, 0.3) is 5.56 Å². The molecule has 2 aliphatic heterocycles. The molecule has 1 aliphatic carbocycles. The first kappa shape index (κ1) is 25.8. The molecule has 2 amide bonds. The van der Waals surface area contributed by atoms with Crippen molar-refractivity contribution in [2.75, 3.05) is 39.8 Å². The minimum absolute atomic E-state index is 0.0259. The number of thiophene rings is 1. The van der Waals surface area contributed by atoms with Gasteiger partial charge in [-0.3, -0.25) is 9.36 Å². The summed E-state index contributed by atoms with van der Waals surface area (Å²) in [5.74, 6) is 0.831.